The smallest absolute Gasteiger partial charge is 0.272 e. The quantitative estimate of drug-likeness (QED) is 0.609. The van der Waals surface area contributed by atoms with Crippen molar-refractivity contribution in [3.05, 3.63) is 39.4 Å². The molecule has 2 saturated heterocycles. The van der Waals surface area contributed by atoms with Crippen molar-refractivity contribution in [2.75, 3.05) is 26.2 Å². The molecule has 1 amide bonds. The monoisotopic (exact) mass is 359 g/mol. The highest BCUT2D eigenvalue weighted by molar-refractivity contribution is 5.79. The Morgan fingerprint density at radius 1 is 1.12 bits per heavy atom. The van der Waals surface area contributed by atoms with Gasteiger partial charge in [-0.25, -0.2) is 0 Å². The summed E-state index contributed by atoms with van der Waals surface area (Å²) in [5.41, 5.74) is 1.95. The lowest BCUT2D eigenvalue weighted by Crippen LogP contribution is -2.42. The van der Waals surface area contributed by atoms with Gasteiger partial charge in [0.1, 0.15) is 0 Å². The molecule has 0 aromatic heterocycles. The van der Waals surface area contributed by atoms with Gasteiger partial charge in [-0.05, 0) is 51.3 Å². The third-order valence-electron chi connectivity index (χ3n) is 5.86. The Kier molecular flexibility index (Phi) is 6.25. The average molecular weight is 359 g/mol. The number of carbonyl (C=O) groups excluding carboxylic acids is 1. The highest BCUT2D eigenvalue weighted by Gasteiger charge is 2.29. The number of rotatable bonds is 4. The Bertz CT molecular complexity index is 646. The molecule has 0 bridgehead atoms. The molecule has 6 heteroatoms. The lowest BCUT2D eigenvalue weighted by Gasteiger charge is -2.34. The summed E-state index contributed by atoms with van der Waals surface area (Å²) in [5, 5.41) is 11.1. The molecule has 26 heavy (non-hydrogen) atoms. The van der Waals surface area contributed by atoms with Crippen molar-refractivity contribution in [3.8, 4) is 0 Å². The van der Waals surface area contributed by atoms with Crippen molar-refractivity contribution in [2.24, 2.45) is 5.92 Å². The molecule has 0 unspecified atom stereocenters. The fourth-order valence-electron chi connectivity index (χ4n) is 4.17. The fraction of sp³-hybridized carbons (Fsp3) is 0.650. The van der Waals surface area contributed by atoms with E-state index in [4.69, 9.17) is 0 Å². The maximum absolute atomic E-state index is 12.8. The molecule has 3 rings (SSSR count). The van der Waals surface area contributed by atoms with E-state index in [2.05, 4.69) is 9.80 Å². The zero-order valence-corrected chi connectivity index (χ0v) is 15.7. The fourth-order valence-corrected chi connectivity index (χ4v) is 4.17. The Morgan fingerprint density at radius 3 is 2.38 bits per heavy atom. The van der Waals surface area contributed by atoms with Crippen LogP contribution in [0.15, 0.2) is 18.2 Å². The minimum atomic E-state index is -0.315. The Balaban J connectivity index is 1.55. The number of nitro benzene ring substituents is 1. The van der Waals surface area contributed by atoms with E-state index in [1.807, 2.05) is 13.0 Å². The van der Waals surface area contributed by atoms with Crippen molar-refractivity contribution in [1.29, 1.82) is 0 Å². The predicted octanol–water partition coefficient (Wildman–Crippen LogP) is 3.52. The molecule has 0 aliphatic carbocycles. The first-order valence-electron chi connectivity index (χ1n) is 9.80. The maximum atomic E-state index is 12.8. The van der Waals surface area contributed by atoms with Gasteiger partial charge >= 0.3 is 0 Å². The molecular weight excluding hydrogens is 330 g/mol. The number of hydrogen-bond donors (Lipinski definition) is 0. The van der Waals surface area contributed by atoms with Gasteiger partial charge in [-0.15, -0.1) is 0 Å². The van der Waals surface area contributed by atoms with Crippen LogP contribution in [0.2, 0.25) is 0 Å². The lowest BCUT2D eigenvalue weighted by molar-refractivity contribution is -0.385. The van der Waals surface area contributed by atoms with Gasteiger partial charge in [0, 0.05) is 37.2 Å². The predicted molar refractivity (Wildman–Crippen MR) is 101 cm³/mol. The first kappa shape index (κ1) is 18.8. The second-order valence-electron chi connectivity index (χ2n) is 7.61. The molecule has 0 spiro atoms. The van der Waals surface area contributed by atoms with Crippen molar-refractivity contribution in [3.63, 3.8) is 0 Å². The number of amides is 1. The Hall–Kier alpha value is -1.95. The SMILES string of the molecule is Cc1c(CN2CCC(C(=O)N3CCCCCC3)CC2)cccc1[N+](=O)[O-]. The highest BCUT2D eigenvalue weighted by Crippen LogP contribution is 2.26. The van der Waals surface area contributed by atoms with Gasteiger partial charge in [-0.3, -0.25) is 19.8 Å². The van der Waals surface area contributed by atoms with Crippen LogP contribution in [0.3, 0.4) is 0 Å². The Labute approximate surface area is 155 Å². The van der Waals surface area contributed by atoms with Gasteiger partial charge in [0.05, 0.1) is 4.92 Å². The molecule has 0 saturated carbocycles. The molecule has 2 aliphatic heterocycles. The molecular formula is C20H29N3O3. The van der Waals surface area contributed by atoms with E-state index < -0.39 is 0 Å². The highest BCUT2D eigenvalue weighted by atomic mass is 16.6. The summed E-state index contributed by atoms with van der Waals surface area (Å²) in [6.07, 6.45) is 6.54. The summed E-state index contributed by atoms with van der Waals surface area (Å²) in [6.45, 7) is 6.15. The third-order valence-corrected chi connectivity index (χ3v) is 5.86. The van der Waals surface area contributed by atoms with Crippen LogP contribution >= 0.6 is 0 Å². The molecule has 142 valence electrons. The lowest BCUT2D eigenvalue weighted by atomic mass is 9.94. The van der Waals surface area contributed by atoms with Crippen LogP contribution < -0.4 is 0 Å². The van der Waals surface area contributed by atoms with Crippen LogP contribution in [0.5, 0.6) is 0 Å². The summed E-state index contributed by atoms with van der Waals surface area (Å²) in [5.74, 6) is 0.494. The van der Waals surface area contributed by atoms with E-state index in [0.29, 0.717) is 5.91 Å². The zero-order valence-electron chi connectivity index (χ0n) is 15.7. The molecule has 2 aliphatic rings. The maximum Gasteiger partial charge on any atom is 0.272 e. The molecule has 6 nitrogen and oxygen atoms in total. The van der Waals surface area contributed by atoms with E-state index in [1.54, 1.807) is 12.1 Å². The average Bonchev–Trinajstić information content (AvgIpc) is 2.92. The van der Waals surface area contributed by atoms with Gasteiger partial charge in [0.25, 0.3) is 5.69 Å². The molecule has 0 atom stereocenters. The van der Waals surface area contributed by atoms with Crippen molar-refractivity contribution < 1.29 is 9.72 Å². The van der Waals surface area contributed by atoms with Crippen LogP contribution in [0.25, 0.3) is 0 Å². The number of carbonyl (C=O) groups is 1. The number of benzene rings is 1. The number of hydrogen-bond acceptors (Lipinski definition) is 4. The van der Waals surface area contributed by atoms with Gasteiger partial charge in [0.15, 0.2) is 0 Å². The summed E-state index contributed by atoms with van der Waals surface area (Å²) < 4.78 is 0. The molecule has 2 fully saturated rings. The number of nitrogens with zero attached hydrogens (tertiary/aromatic N) is 3. The molecule has 2 heterocycles. The number of likely N-dealkylation sites (tertiary alicyclic amines) is 2. The first-order chi connectivity index (χ1) is 12.6. The summed E-state index contributed by atoms with van der Waals surface area (Å²) in [6, 6.07) is 5.29. The first-order valence-corrected chi connectivity index (χ1v) is 9.80. The van der Waals surface area contributed by atoms with Crippen LogP contribution in [-0.4, -0.2) is 46.8 Å². The minimum absolute atomic E-state index is 0.149. The van der Waals surface area contributed by atoms with E-state index in [-0.39, 0.29) is 16.5 Å². The minimum Gasteiger partial charge on any atom is -0.342 e. The molecule has 1 aromatic carbocycles. The van der Waals surface area contributed by atoms with E-state index in [9.17, 15) is 14.9 Å². The van der Waals surface area contributed by atoms with Gasteiger partial charge in [-0.1, -0.05) is 25.0 Å². The second-order valence-corrected chi connectivity index (χ2v) is 7.61. The van der Waals surface area contributed by atoms with Crippen molar-refractivity contribution in [2.45, 2.75) is 52.0 Å². The topological polar surface area (TPSA) is 66.7 Å². The van der Waals surface area contributed by atoms with E-state index in [1.165, 1.54) is 12.8 Å². The van der Waals surface area contributed by atoms with Crippen molar-refractivity contribution >= 4 is 11.6 Å². The van der Waals surface area contributed by atoms with Gasteiger partial charge in [-0.2, -0.15) is 0 Å². The third kappa shape index (κ3) is 4.41. The van der Waals surface area contributed by atoms with Crippen LogP contribution in [-0.2, 0) is 11.3 Å². The van der Waals surface area contributed by atoms with Crippen molar-refractivity contribution in [1.82, 2.24) is 9.80 Å². The van der Waals surface area contributed by atoms with E-state index >= 15 is 0 Å². The summed E-state index contributed by atoms with van der Waals surface area (Å²) >= 11 is 0. The summed E-state index contributed by atoms with van der Waals surface area (Å²) in [4.78, 5) is 28.0. The van der Waals surface area contributed by atoms with Crippen LogP contribution in [0.1, 0.15) is 49.7 Å². The van der Waals surface area contributed by atoms with Gasteiger partial charge in [0.2, 0.25) is 5.91 Å². The summed E-state index contributed by atoms with van der Waals surface area (Å²) in [7, 11) is 0. The van der Waals surface area contributed by atoms with Gasteiger partial charge < -0.3 is 4.90 Å². The zero-order chi connectivity index (χ0) is 18.5. The van der Waals surface area contributed by atoms with E-state index in [0.717, 1.165) is 69.5 Å². The molecule has 0 radical (unpaired) electrons. The number of piperidine rings is 1. The normalized spacial score (nSPS) is 20.0. The van der Waals surface area contributed by atoms with Crippen LogP contribution in [0, 0.1) is 23.0 Å². The molecule has 1 aromatic rings. The molecule has 0 N–H and O–H groups in total. The largest absolute Gasteiger partial charge is 0.342 e. The number of nitro groups is 1. The second kappa shape index (κ2) is 8.62. The standard InChI is InChI=1S/C20H29N3O3/c1-16-18(7-6-8-19(16)23(25)26)15-21-13-9-17(10-14-21)20(24)22-11-4-2-3-5-12-22/h6-8,17H,2-5,9-15H2,1H3. The Morgan fingerprint density at radius 2 is 1.77 bits per heavy atom. The van der Waals surface area contributed by atoms with Crippen LogP contribution in [0.4, 0.5) is 5.69 Å².